The van der Waals surface area contributed by atoms with E-state index >= 15 is 0 Å². The van der Waals surface area contributed by atoms with Crippen LogP contribution in [0.3, 0.4) is 0 Å². The molecule has 0 spiro atoms. The fourth-order valence-electron chi connectivity index (χ4n) is 2.36. The molecule has 0 saturated heterocycles. The van der Waals surface area contributed by atoms with Crippen molar-refractivity contribution in [1.82, 2.24) is 0 Å². The molecule has 0 unspecified atom stereocenters. The summed E-state index contributed by atoms with van der Waals surface area (Å²) in [4.78, 5) is -0.241. The maximum atomic E-state index is 12.9. The maximum absolute atomic E-state index is 12.9. The van der Waals surface area contributed by atoms with E-state index in [2.05, 4.69) is 0 Å². The molecule has 0 radical (unpaired) electrons. The van der Waals surface area contributed by atoms with Crippen molar-refractivity contribution in [3.63, 3.8) is 0 Å². The highest BCUT2D eigenvalue weighted by Crippen LogP contribution is 2.28. The van der Waals surface area contributed by atoms with Crippen LogP contribution >= 0.6 is 0 Å². The standard InChI is InChI=1S/C18H14F4O2S/c19-17(20)11-9-13-5-1-3-7-15(13)25(23,24)16-8-4-2-6-14(16)10-12-18(21)22/h1-8,11-12H,9-10H2. The van der Waals surface area contributed by atoms with Crippen LogP contribution < -0.4 is 0 Å². The molecule has 0 atom stereocenters. The van der Waals surface area contributed by atoms with Gasteiger partial charge in [-0.2, -0.15) is 17.6 Å². The Balaban J connectivity index is 2.54. The quantitative estimate of drug-likeness (QED) is 0.658. The lowest BCUT2D eigenvalue weighted by Crippen LogP contribution is -2.08. The summed E-state index contributed by atoms with van der Waals surface area (Å²) in [6, 6.07) is 11.6. The summed E-state index contributed by atoms with van der Waals surface area (Å²) in [7, 11) is -4.04. The number of hydrogen-bond acceptors (Lipinski definition) is 2. The van der Waals surface area contributed by atoms with Gasteiger partial charge >= 0.3 is 0 Å². The van der Waals surface area contributed by atoms with Crippen molar-refractivity contribution in [2.75, 3.05) is 0 Å². The van der Waals surface area contributed by atoms with Gasteiger partial charge in [-0.1, -0.05) is 36.4 Å². The molecule has 0 aliphatic heterocycles. The Labute approximate surface area is 143 Å². The minimum Gasteiger partial charge on any atom is -0.218 e. The fourth-order valence-corrected chi connectivity index (χ4v) is 4.11. The van der Waals surface area contributed by atoms with E-state index in [1.807, 2.05) is 0 Å². The monoisotopic (exact) mass is 370 g/mol. The number of sulfone groups is 1. The van der Waals surface area contributed by atoms with Crippen molar-refractivity contribution in [2.45, 2.75) is 22.6 Å². The average Bonchev–Trinajstić information content (AvgIpc) is 2.58. The van der Waals surface area contributed by atoms with Gasteiger partial charge in [0.25, 0.3) is 12.2 Å². The smallest absolute Gasteiger partial charge is 0.218 e. The zero-order chi connectivity index (χ0) is 18.4. The van der Waals surface area contributed by atoms with E-state index in [-0.39, 0.29) is 33.8 Å². The zero-order valence-electron chi connectivity index (χ0n) is 12.9. The Morgan fingerprint density at radius 2 is 1.08 bits per heavy atom. The van der Waals surface area contributed by atoms with E-state index in [4.69, 9.17) is 0 Å². The molecular formula is C18H14F4O2S. The van der Waals surface area contributed by atoms with Crippen molar-refractivity contribution in [1.29, 1.82) is 0 Å². The molecule has 0 saturated carbocycles. The fraction of sp³-hybridized carbons (Fsp3) is 0.111. The van der Waals surface area contributed by atoms with Gasteiger partial charge in [-0.3, -0.25) is 0 Å². The van der Waals surface area contributed by atoms with Gasteiger partial charge in [0.05, 0.1) is 9.79 Å². The molecule has 0 amide bonds. The second kappa shape index (κ2) is 8.11. The van der Waals surface area contributed by atoms with Gasteiger partial charge in [0, 0.05) is 0 Å². The first-order valence-corrected chi connectivity index (χ1v) is 8.74. The second-order valence-electron chi connectivity index (χ2n) is 5.11. The predicted octanol–water partition coefficient (Wildman–Crippen LogP) is 5.17. The molecule has 0 N–H and O–H groups in total. The first-order chi connectivity index (χ1) is 11.8. The molecular weight excluding hydrogens is 356 g/mol. The van der Waals surface area contributed by atoms with E-state index in [0.717, 1.165) is 0 Å². The van der Waals surface area contributed by atoms with E-state index < -0.39 is 22.0 Å². The Kier molecular flexibility index (Phi) is 6.14. The molecule has 0 bridgehead atoms. The van der Waals surface area contributed by atoms with Crippen molar-refractivity contribution >= 4 is 9.84 Å². The van der Waals surface area contributed by atoms with Crippen LogP contribution in [-0.2, 0) is 22.7 Å². The normalized spacial score (nSPS) is 11.0. The van der Waals surface area contributed by atoms with Crippen molar-refractivity contribution < 1.29 is 26.0 Å². The SMILES string of the molecule is O=S(=O)(c1ccccc1CC=C(F)F)c1ccccc1CC=C(F)F. The minimum atomic E-state index is -4.04. The van der Waals surface area contributed by atoms with Crippen molar-refractivity contribution in [2.24, 2.45) is 0 Å². The summed E-state index contributed by atoms with van der Waals surface area (Å²) in [6.07, 6.45) is -3.06. The third kappa shape index (κ3) is 4.79. The number of halogens is 4. The highest BCUT2D eigenvalue weighted by atomic mass is 32.2. The second-order valence-corrected chi connectivity index (χ2v) is 7.00. The van der Waals surface area contributed by atoms with Crippen molar-refractivity contribution in [3.05, 3.63) is 84.0 Å². The molecule has 25 heavy (non-hydrogen) atoms. The molecule has 0 aliphatic carbocycles. The largest absolute Gasteiger partial charge is 0.266 e. The molecule has 132 valence electrons. The average molecular weight is 370 g/mol. The van der Waals surface area contributed by atoms with Gasteiger partial charge in [-0.25, -0.2) is 8.42 Å². The van der Waals surface area contributed by atoms with Gasteiger partial charge in [0.15, 0.2) is 0 Å². The molecule has 0 fully saturated rings. The first-order valence-electron chi connectivity index (χ1n) is 7.25. The lowest BCUT2D eigenvalue weighted by atomic mass is 10.1. The van der Waals surface area contributed by atoms with Crippen LogP contribution in [0.2, 0.25) is 0 Å². The summed E-state index contributed by atoms with van der Waals surface area (Å²) in [6.45, 7) is 0. The summed E-state index contributed by atoms with van der Waals surface area (Å²) < 4.78 is 75.3. The van der Waals surface area contributed by atoms with Crippen LogP contribution in [0.4, 0.5) is 17.6 Å². The number of hydrogen-bond donors (Lipinski definition) is 0. The number of benzene rings is 2. The van der Waals surface area contributed by atoms with E-state index in [9.17, 15) is 26.0 Å². The molecule has 2 aromatic rings. The van der Waals surface area contributed by atoms with Crippen LogP contribution in [0.1, 0.15) is 11.1 Å². The molecule has 2 nitrogen and oxygen atoms in total. The first kappa shape index (κ1) is 18.9. The maximum Gasteiger partial charge on any atom is 0.266 e. The van der Waals surface area contributed by atoms with Gasteiger partial charge in [0.2, 0.25) is 9.84 Å². The molecule has 0 aliphatic rings. The summed E-state index contributed by atoms with van der Waals surface area (Å²) in [5.41, 5.74) is 0.412. The molecule has 2 aromatic carbocycles. The highest BCUT2D eigenvalue weighted by molar-refractivity contribution is 7.91. The molecule has 7 heteroatoms. The zero-order valence-corrected chi connectivity index (χ0v) is 13.7. The molecule has 0 heterocycles. The Morgan fingerprint density at radius 1 is 0.720 bits per heavy atom. The van der Waals surface area contributed by atoms with Crippen LogP contribution in [-0.4, -0.2) is 8.42 Å². The van der Waals surface area contributed by atoms with Crippen LogP contribution in [0.15, 0.2) is 82.6 Å². The van der Waals surface area contributed by atoms with Crippen LogP contribution in [0.5, 0.6) is 0 Å². The van der Waals surface area contributed by atoms with Gasteiger partial charge in [0.1, 0.15) is 0 Å². The lowest BCUT2D eigenvalue weighted by molar-refractivity contribution is 0.417. The minimum absolute atomic E-state index is 0.121. The number of rotatable bonds is 6. The summed E-state index contributed by atoms with van der Waals surface area (Å²) in [5.74, 6) is 0. The Bertz CT molecular complexity index is 841. The topological polar surface area (TPSA) is 34.1 Å². The van der Waals surface area contributed by atoms with Crippen molar-refractivity contribution in [3.8, 4) is 0 Å². The van der Waals surface area contributed by atoms with E-state index in [1.54, 1.807) is 12.1 Å². The third-order valence-electron chi connectivity index (χ3n) is 3.48. The summed E-state index contributed by atoms with van der Waals surface area (Å²) in [5, 5.41) is 0. The lowest BCUT2D eigenvalue weighted by Gasteiger charge is -2.12. The van der Waals surface area contributed by atoms with E-state index in [0.29, 0.717) is 12.2 Å². The molecule has 2 rings (SSSR count). The van der Waals surface area contributed by atoms with Crippen LogP contribution in [0, 0.1) is 0 Å². The summed E-state index contributed by atoms with van der Waals surface area (Å²) >= 11 is 0. The van der Waals surface area contributed by atoms with Gasteiger partial charge in [-0.15, -0.1) is 0 Å². The predicted molar refractivity (Wildman–Crippen MR) is 86.3 cm³/mol. The Morgan fingerprint density at radius 3 is 1.44 bits per heavy atom. The van der Waals surface area contributed by atoms with Gasteiger partial charge < -0.3 is 0 Å². The third-order valence-corrected chi connectivity index (χ3v) is 5.43. The Hall–Kier alpha value is -2.41. The van der Waals surface area contributed by atoms with E-state index in [1.165, 1.54) is 36.4 Å². The van der Waals surface area contributed by atoms with Gasteiger partial charge in [-0.05, 0) is 48.3 Å². The highest BCUT2D eigenvalue weighted by Gasteiger charge is 2.23. The molecule has 0 aromatic heterocycles. The van der Waals surface area contributed by atoms with Crippen LogP contribution in [0.25, 0.3) is 0 Å². The number of allylic oxidation sites excluding steroid dienone is 2.